The molecule has 0 saturated carbocycles. The minimum atomic E-state index is -1.09. The van der Waals surface area contributed by atoms with E-state index in [0.29, 0.717) is 13.2 Å². The van der Waals surface area contributed by atoms with E-state index in [2.05, 4.69) is 9.97 Å². The average molecular weight is 233 g/mol. The number of carboxylic acids is 1. The van der Waals surface area contributed by atoms with Crippen molar-refractivity contribution in [2.24, 2.45) is 0 Å². The van der Waals surface area contributed by atoms with Crippen molar-refractivity contribution in [1.82, 2.24) is 14.5 Å². The number of nitrogens with zero attached hydrogens (tertiary/aromatic N) is 3. The molecule has 1 N–H and O–H groups in total. The zero-order valence-electron chi connectivity index (χ0n) is 8.98. The first kappa shape index (κ1) is 11.1. The van der Waals surface area contributed by atoms with Crippen molar-refractivity contribution in [3.8, 4) is 5.75 Å². The van der Waals surface area contributed by atoms with Gasteiger partial charge >= 0.3 is 5.97 Å². The predicted octanol–water partition coefficient (Wildman–Crippen LogP) is 1.06. The van der Waals surface area contributed by atoms with Gasteiger partial charge < -0.3 is 14.4 Å². The fraction of sp³-hybridized carbons (Fsp3) is 0.182. The molecule has 0 amide bonds. The summed E-state index contributed by atoms with van der Waals surface area (Å²) in [6, 6.07) is 3.23. The Kier molecular flexibility index (Phi) is 3.34. The Labute approximate surface area is 97.5 Å². The zero-order chi connectivity index (χ0) is 12.1. The number of pyridine rings is 1. The second-order valence-electron chi connectivity index (χ2n) is 3.30. The third-order valence-electron chi connectivity index (χ3n) is 2.14. The summed E-state index contributed by atoms with van der Waals surface area (Å²) in [5.41, 5.74) is -0.0712. The molecule has 0 aliphatic carbocycles. The van der Waals surface area contributed by atoms with E-state index in [-0.39, 0.29) is 11.4 Å². The first-order valence-corrected chi connectivity index (χ1v) is 5.04. The van der Waals surface area contributed by atoms with E-state index >= 15 is 0 Å². The van der Waals surface area contributed by atoms with E-state index in [0.717, 1.165) is 0 Å². The first-order valence-electron chi connectivity index (χ1n) is 5.04. The molecule has 0 radical (unpaired) electrons. The van der Waals surface area contributed by atoms with E-state index in [4.69, 9.17) is 9.84 Å². The summed E-state index contributed by atoms with van der Waals surface area (Å²) in [6.07, 6.45) is 6.58. The number of hydrogen-bond donors (Lipinski definition) is 1. The highest BCUT2D eigenvalue weighted by molar-refractivity contribution is 5.88. The summed E-state index contributed by atoms with van der Waals surface area (Å²) in [7, 11) is 0. The number of aromatic carboxylic acids is 1. The second kappa shape index (κ2) is 5.11. The van der Waals surface area contributed by atoms with E-state index in [1.807, 2.05) is 10.8 Å². The second-order valence-corrected chi connectivity index (χ2v) is 3.30. The molecule has 6 nitrogen and oxygen atoms in total. The molecule has 0 fully saturated rings. The van der Waals surface area contributed by atoms with Crippen molar-refractivity contribution in [1.29, 1.82) is 0 Å². The molecule has 17 heavy (non-hydrogen) atoms. The molecule has 0 aliphatic heterocycles. The quantitative estimate of drug-likeness (QED) is 0.835. The molecule has 2 aromatic heterocycles. The smallest absolute Gasteiger partial charge is 0.358 e. The van der Waals surface area contributed by atoms with Gasteiger partial charge in [0.15, 0.2) is 11.4 Å². The third-order valence-corrected chi connectivity index (χ3v) is 2.14. The summed E-state index contributed by atoms with van der Waals surface area (Å²) in [5, 5.41) is 8.89. The summed E-state index contributed by atoms with van der Waals surface area (Å²) in [4.78, 5) is 18.5. The Balaban J connectivity index is 1.97. The molecule has 88 valence electrons. The van der Waals surface area contributed by atoms with E-state index in [1.165, 1.54) is 6.20 Å². The Morgan fingerprint density at radius 2 is 2.35 bits per heavy atom. The normalized spacial score (nSPS) is 10.1. The summed E-state index contributed by atoms with van der Waals surface area (Å²) in [5.74, 6) is -0.816. The van der Waals surface area contributed by atoms with Crippen molar-refractivity contribution < 1.29 is 14.6 Å². The molecule has 0 spiro atoms. The van der Waals surface area contributed by atoms with E-state index in [9.17, 15) is 4.79 Å². The van der Waals surface area contributed by atoms with E-state index in [1.54, 1.807) is 24.7 Å². The van der Waals surface area contributed by atoms with Gasteiger partial charge in [0.25, 0.3) is 0 Å². The molecular formula is C11H11N3O3. The molecule has 0 bridgehead atoms. The van der Waals surface area contributed by atoms with Gasteiger partial charge in [-0.2, -0.15) is 0 Å². The standard InChI is InChI=1S/C11H11N3O3/c15-11(16)10-9(2-1-3-13-10)17-7-6-14-5-4-12-8-14/h1-5,8H,6-7H2,(H,15,16). The lowest BCUT2D eigenvalue weighted by Crippen LogP contribution is -2.10. The van der Waals surface area contributed by atoms with Crippen molar-refractivity contribution >= 4 is 5.97 Å². The van der Waals surface area contributed by atoms with Crippen LogP contribution in [0.4, 0.5) is 0 Å². The van der Waals surface area contributed by atoms with Gasteiger partial charge in [0, 0.05) is 18.6 Å². The Morgan fingerprint density at radius 3 is 3.06 bits per heavy atom. The third kappa shape index (κ3) is 2.81. The van der Waals surface area contributed by atoms with Crippen molar-refractivity contribution in [3.05, 3.63) is 42.7 Å². The van der Waals surface area contributed by atoms with Gasteiger partial charge in [0.05, 0.1) is 12.9 Å². The van der Waals surface area contributed by atoms with Gasteiger partial charge in [-0.25, -0.2) is 14.8 Å². The first-order chi connectivity index (χ1) is 8.27. The fourth-order valence-corrected chi connectivity index (χ4v) is 1.35. The topological polar surface area (TPSA) is 77.2 Å². The van der Waals surface area contributed by atoms with Crippen LogP contribution in [0.1, 0.15) is 10.5 Å². The summed E-state index contributed by atoms with van der Waals surface area (Å²) < 4.78 is 7.22. The van der Waals surface area contributed by atoms with E-state index < -0.39 is 5.97 Å². The number of carbonyl (C=O) groups is 1. The van der Waals surface area contributed by atoms with Crippen LogP contribution in [-0.4, -0.2) is 32.2 Å². The largest absolute Gasteiger partial charge is 0.489 e. The molecule has 0 atom stereocenters. The minimum absolute atomic E-state index is 0.0712. The lowest BCUT2D eigenvalue weighted by atomic mass is 10.3. The van der Waals surface area contributed by atoms with Crippen molar-refractivity contribution in [3.63, 3.8) is 0 Å². The number of imidazole rings is 1. The highest BCUT2D eigenvalue weighted by Gasteiger charge is 2.11. The van der Waals surface area contributed by atoms with Crippen molar-refractivity contribution in [2.45, 2.75) is 6.54 Å². The molecular weight excluding hydrogens is 222 g/mol. The maximum absolute atomic E-state index is 10.9. The maximum Gasteiger partial charge on any atom is 0.358 e. The molecule has 2 aromatic rings. The molecule has 2 heterocycles. The highest BCUT2D eigenvalue weighted by atomic mass is 16.5. The van der Waals surface area contributed by atoms with Crippen LogP contribution in [0.3, 0.4) is 0 Å². The summed E-state index contributed by atoms with van der Waals surface area (Å²) in [6.45, 7) is 0.969. The fourth-order valence-electron chi connectivity index (χ4n) is 1.35. The van der Waals surface area contributed by atoms with Gasteiger partial charge in [0.2, 0.25) is 0 Å². The van der Waals surface area contributed by atoms with Crippen LogP contribution in [-0.2, 0) is 6.54 Å². The number of carboxylic acid groups (broad SMARTS) is 1. The van der Waals surface area contributed by atoms with Crippen LogP contribution in [0.5, 0.6) is 5.75 Å². The lowest BCUT2D eigenvalue weighted by molar-refractivity contribution is 0.0685. The van der Waals surface area contributed by atoms with Crippen LogP contribution in [0.2, 0.25) is 0 Å². The number of rotatable bonds is 5. The average Bonchev–Trinajstić information content (AvgIpc) is 2.82. The molecule has 0 unspecified atom stereocenters. The summed E-state index contributed by atoms with van der Waals surface area (Å²) >= 11 is 0. The predicted molar refractivity (Wildman–Crippen MR) is 58.9 cm³/mol. The van der Waals surface area contributed by atoms with Gasteiger partial charge in [-0.05, 0) is 12.1 Å². The Hall–Kier alpha value is -2.37. The number of aromatic nitrogens is 3. The monoisotopic (exact) mass is 233 g/mol. The van der Waals surface area contributed by atoms with Crippen LogP contribution in [0, 0.1) is 0 Å². The van der Waals surface area contributed by atoms with Gasteiger partial charge in [0.1, 0.15) is 6.61 Å². The maximum atomic E-state index is 10.9. The number of hydrogen-bond acceptors (Lipinski definition) is 4. The molecule has 0 aliphatic rings. The molecule has 0 aromatic carbocycles. The highest BCUT2D eigenvalue weighted by Crippen LogP contribution is 2.14. The van der Waals surface area contributed by atoms with Gasteiger partial charge in [-0.3, -0.25) is 0 Å². The molecule has 2 rings (SSSR count). The lowest BCUT2D eigenvalue weighted by Gasteiger charge is -2.08. The van der Waals surface area contributed by atoms with Crippen LogP contribution >= 0.6 is 0 Å². The number of ether oxygens (including phenoxy) is 1. The Morgan fingerprint density at radius 1 is 1.47 bits per heavy atom. The molecule has 6 heteroatoms. The van der Waals surface area contributed by atoms with Crippen LogP contribution < -0.4 is 4.74 Å². The van der Waals surface area contributed by atoms with Crippen LogP contribution in [0.15, 0.2) is 37.1 Å². The van der Waals surface area contributed by atoms with Gasteiger partial charge in [-0.1, -0.05) is 0 Å². The minimum Gasteiger partial charge on any atom is -0.489 e. The molecule has 0 saturated heterocycles. The zero-order valence-corrected chi connectivity index (χ0v) is 8.98. The van der Waals surface area contributed by atoms with Crippen LogP contribution in [0.25, 0.3) is 0 Å². The Bertz CT molecular complexity index is 496. The van der Waals surface area contributed by atoms with Crippen molar-refractivity contribution in [2.75, 3.05) is 6.61 Å². The van der Waals surface area contributed by atoms with Gasteiger partial charge in [-0.15, -0.1) is 0 Å². The SMILES string of the molecule is O=C(O)c1ncccc1OCCn1ccnc1.